The zero-order valence-electron chi connectivity index (χ0n) is 26.5. The third-order valence-corrected chi connectivity index (χ3v) is 6.14. The number of carbonyl (C=O) groups is 5. The van der Waals surface area contributed by atoms with Gasteiger partial charge in [-0.15, -0.1) is 0 Å². The van der Waals surface area contributed by atoms with Crippen molar-refractivity contribution in [3.63, 3.8) is 0 Å². The van der Waals surface area contributed by atoms with Crippen molar-refractivity contribution in [3.05, 3.63) is 113 Å². The molecule has 0 fully saturated rings. The summed E-state index contributed by atoms with van der Waals surface area (Å²) >= 11 is 0. The van der Waals surface area contributed by atoms with Gasteiger partial charge in [0.25, 0.3) is 0 Å². The van der Waals surface area contributed by atoms with E-state index in [9.17, 15) is 29.1 Å². The minimum absolute atomic E-state index is 0.0175. The van der Waals surface area contributed by atoms with Crippen LogP contribution in [0.3, 0.4) is 0 Å². The second kappa shape index (κ2) is 17.3. The monoisotopic (exact) mass is 652 g/mol. The molecule has 0 saturated carbocycles. The molecule has 0 heterocycles. The normalized spacial score (nSPS) is 10.5. The van der Waals surface area contributed by atoms with E-state index in [4.69, 9.17) is 24.1 Å². The summed E-state index contributed by atoms with van der Waals surface area (Å²) < 4.78 is 20.4. The van der Waals surface area contributed by atoms with Gasteiger partial charge in [0.2, 0.25) is 0 Å². The standard InChI is InChI=1S/C27H22O8.C10H10O3/c1-16(28)33-22-13-20(14-23(15-22)34-17(2)29)8-7-19-9-11-21(12-10-19)24-5-4-6-25(27(31)32)26(24)35-18(3)30;1-13-9-5-2-8(3-6-9)4-7-10(11)12/h4-15H,1-3H3,(H,31,32);2-7H,1H3,(H,11,12)/b8-7+;. The number of para-hydroxylation sites is 1. The summed E-state index contributed by atoms with van der Waals surface area (Å²) in [7, 11) is 1.59. The van der Waals surface area contributed by atoms with Crippen LogP contribution in [-0.4, -0.2) is 47.2 Å². The van der Waals surface area contributed by atoms with Crippen molar-refractivity contribution in [3.8, 4) is 34.1 Å². The molecule has 4 aromatic rings. The van der Waals surface area contributed by atoms with Gasteiger partial charge in [-0.25, -0.2) is 9.59 Å². The van der Waals surface area contributed by atoms with E-state index < -0.39 is 29.8 Å². The molecule has 4 aromatic carbocycles. The average Bonchev–Trinajstić information content (AvgIpc) is 3.02. The Bertz CT molecular complexity index is 1820. The van der Waals surface area contributed by atoms with Gasteiger partial charge in [-0.3, -0.25) is 14.4 Å². The van der Waals surface area contributed by atoms with Crippen LogP contribution in [0, 0.1) is 0 Å². The van der Waals surface area contributed by atoms with Crippen LogP contribution in [0.25, 0.3) is 29.4 Å². The van der Waals surface area contributed by atoms with Gasteiger partial charge in [0.05, 0.1) is 7.11 Å². The van der Waals surface area contributed by atoms with Crippen LogP contribution < -0.4 is 18.9 Å². The lowest BCUT2D eigenvalue weighted by Crippen LogP contribution is -2.08. The number of carboxylic acids is 2. The van der Waals surface area contributed by atoms with Gasteiger partial charge < -0.3 is 29.2 Å². The molecule has 11 heteroatoms. The molecule has 0 aliphatic carbocycles. The molecule has 0 radical (unpaired) electrons. The SMILES string of the molecule is CC(=O)Oc1cc(/C=C/c2ccc(-c3cccc(C(=O)O)c3OC(C)=O)cc2)cc(OC(C)=O)c1.COc1ccc(C=CC(=O)O)cc1. The Morgan fingerprint density at radius 3 is 1.60 bits per heavy atom. The fourth-order valence-electron chi connectivity index (χ4n) is 4.17. The fourth-order valence-corrected chi connectivity index (χ4v) is 4.17. The maximum atomic E-state index is 11.6. The second-order valence-electron chi connectivity index (χ2n) is 9.91. The van der Waals surface area contributed by atoms with Crippen molar-refractivity contribution in [2.24, 2.45) is 0 Å². The number of carboxylic acid groups (broad SMARTS) is 2. The van der Waals surface area contributed by atoms with Crippen molar-refractivity contribution in [1.29, 1.82) is 0 Å². The average molecular weight is 653 g/mol. The summed E-state index contributed by atoms with van der Waals surface area (Å²) in [5.41, 5.74) is 3.30. The molecule has 0 spiro atoms. The topological polar surface area (TPSA) is 163 Å². The molecule has 0 atom stereocenters. The van der Waals surface area contributed by atoms with Crippen molar-refractivity contribution < 1.29 is 53.1 Å². The van der Waals surface area contributed by atoms with E-state index in [1.807, 2.05) is 0 Å². The van der Waals surface area contributed by atoms with E-state index in [0.717, 1.165) is 23.0 Å². The maximum Gasteiger partial charge on any atom is 0.339 e. The highest BCUT2D eigenvalue weighted by atomic mass is 16.5. The van der Waals surface area contributed by atoms with Crippen LogP contribution in [0.4, 0.5) is 0 Å². The van der Waals surface area contributed by atoms with Gasteiger partial charge in [-0.1, -0.05) is 60.7 Å². The van der Waals surface area contributed by atoms with Crippen LogP contribution in [0.5, 0.6) is 23.0 Å². The van der Waals surface area contributed by atoms with Crippen LogP contribution in [0.15, 0.2) is 91.0 Å². The van der Waals surface area contributed by atoms with Crippen LogP contribution in [0.2, 0.25) is 0 Å². The lowest BCUT2D eigenvalue weighted by atomic mass is 9.99. The lowest BCUT2D eigenvalue weighted by Gasteiger charge is -2.12. The number of hydrogen-bond acceptors (Lipinski definition) is 9. The Hall–Kier alpha value is -6.49. The summed E-state index contributed by atoms with van der Waals surface area (Å²) in [5, 5.41) is 17.8. The molecule has 48 heavy (non-hydrogen) atoms. The lowest BCUT2D eigenvalue weighted by molar-refractivity contribution is -0.133. The summed E-state index contributed by atoms with van der Waals surface area (Å²) in [6.07, 6.45) is 6.18. The third kappa shape index (κ3) is 11.5. The largest absolute Gasteiger partial charge is 0.497 e. The first-order valence-electron chi connectivity index (χ1n) is 14.2. The first-order chi connectivity index (χ1) is 22.8. The molecule has 246 valence electrons. The van der Waals surface area contributed by atoms with E-state index in [1.165, 1.54) is 39.0 Å². The predicted molar refractivity (Wildman–Crippen MR) is 178 cm³/mol. The van der Waals surface area contributed by atoms with Crippen LogP contribution in [0.1, 0.15) is 47.8 Å². The first kappa shape index (κ1) is 36.0. The van der Waals surface area contributed by atoms with Gasteiger partial charge in [0.15, 0.2) is 5.75 Å². The zero-order valence-corrected chi connectivity index (χ0v) is 26.5. The second-order valence-corrected chi connectivity index (χ2v) is 9.91. The van der Waals surface area contributed by atoms with Crippen LogP contribution in [-0.2, 0) is 19.2 Å². The highest BCUT2D eigenvalue weighted by Gasteiger charge is 2.18. The van der Waals surface area contributed by atoms with E-state index in [2.05, 4.69) is 0 Å². The Labute approximate surface area is 276 Å². The minimum atomic E-state index is -1.20. The molecule has 0 bridgehead atoms. The van der Waals surface area contributed by atoms with E-state index in [-0.39, 0.29) is 22.8 Å². The molecule has 0 aliphatic rings. The predicted octanol–water partition coefficient (Wildman–Crippen LogP) is 6.79. The van der Waals surface area contributed by atoms with Crippen molar-refractivity contribution in [2.75, 3.05) is 7.11 Å². The Morgan fingerprint density at radius 2 is 1.10 bits per heavy atom. The highest BCUT2D eigenvalue weighted by molar-refractivity contribution is 5.95. The smallest absolute Gasteiger partial charge is 0.339 e. The van der Waals surface area contributed by atoms with E-state index in [0.29, 0.717) is 16.7 Å². The van der Waals surface area contributed by atoms with Crippen molar-refractivity contribution in [2.45, 2.75) is 20.8 Å². The molecule has 0 saturated heterocycles. The number of aliphatic carboxylic acids is 1. The maximum absolute atomic E-state index is 11.6. The van der Waals surface area contributed by atoms with Gasteiger partial charge in [0.1, 0.15) is 22.8 Å². The van der Waals surface area contributed by atoms with Gasteiger partial charge >= 0.3 is 29.8 Å². The number of carbonyl (C=O) groups excluding carboxylic acids is 3. The Kier molecular flexibility index (Phi) is 12.9. The van der Waals surface area contributed by atoms with E-state index >= 15 is 0 Å². The molecule has 0 aromatic heterocycles. The molecular formula is C37H32O11. The first-order valence-corrected chi connectivity index (χ1v) is 14.2. The van der Waals surface area contributed by atoms with Crippen molar-refractivity contribution >= 4 is 48.1 Å². The minimum Gasteiger partial charge on any atom is -0.497 e. The number of ether oxygens (including phenoxy) is 4. The summed E-state index contributed by atoms with van der Waals surface area (Å²) in [6.45, 7) is 3.75. The zero-order chi connectivity index (χ0) is 35.2. The summed E-state index contributed by atoms with van der Waals surface area (Å²) in [5.74, 6) is -2.56. The number of rotatable bonds is 10. The molecule has 2 N–H and O–H groups in total. The molecule has 11 nitrogen and oxygen atoms in total. The van der Waals surface area contributed by atoms with E-state index in [1.54, 1.807) is 92.1 Å². The summed E-state index contributed by atoms with van der Waals surface area (Å²) in [6, 6.07) is 23.6. The number of aromatic carboxylic acids is 1. The molecule has 0 aliphatic heterocycles. The number of hydrogen-bond donors (Lipinski definition) is 2. The van der Waals surface area contributed by atoms with Gasteiger partial charge in [-0.05, 0) is 58.7 Å². The summed E-state index contributed by atoms with van der Waals surface area (Å²) in [4.78, 5) is 55.9. The third-order valence-electron chi connectivity index (χ3n) is 6.14. The molecule has 0 amide bonds. The molecule has 4 rings (SSSR count). The van der Waals surface area contributed by atoms with Crippen molar-refractivity contribution in [1.82, 2.24) is 0 Å². The fraction of sp³-hybridized carbons (Fsp3) is 0.108. The molecule has 0 unspecified atom stereocenters. The number of benzene rings is 4. The number of esters is 3. The molecular weight excluding hydrogens is 620 g/mol. The van der Waals surface area contributed by atoms with Gasteiger partial charge in [0, 0.05) is 38.5 Å². The quantitative estimate of drug-likeness (QED) is 0.0802. The highest BCUT2D eigenvalue weighted by Crippen LogP contribution is 2.34. The van der Waals surface area contributed by atoms with Gasteiger partial charge in [-0.2, -0.15) is 0 Å². The Morgan fingerprint density at radius 1 is 0.583 bits per heavy atom. The number of methoxy groups -OCH3 is 1. The Balaban J connectivity index is 0.000000402. The van der Waals surface area contributed by atoms with Crippen LogP contribution >= 0.6 is 0 Å².